The Kier molecular flexibility index (Phi) is 5.01. The molecule has 0 aliphatic heterocycles. The first-order valence-corrected chi connectivity index (χ1v) is 3.95. The van der Waals surface area contributed by atoms with Crippen LogP contribution in [0.5, 0.6) is 0 Å². The van der Waals surface area contributed by atoms with Gasteiger partial charge in [0.2, 0.25) is 0 Å². The molecular formula is C7H16ClNO2. The van der Waals surface area contributed by atoms with E-state index in [1.807, 2.05) is 6.92 Å². The van der Waals surface area contributed by atoms with E-state index in [1.165, 1.54) is 7.11 Å². The number of halogens is 1. The van der Waals surface area contributed by atoms with Crippen LogP contribution < -0.4 is 5.73 Å². The molecule has 0 radical (unpaired) electrons. The van der Waals surface area contributed by atoms with E-state index in [2.05, 4.69) is 16.2 Å². The molecule has 68 valence electrons. The molecule has 0 aromatic carbocycles. The van der Waals surface area contributed by atoms with Gasteiger partial charge in [-0.2, -0.15) is 0 Å². The van der Waals surface area contributed by atoms with E-state index in [0.29, 0.717) is 0 Å². The fraction of sp³-hybridized carbons (Fsp3) is 1.00. The number of hydrogen-bond donors (Lipinski definition) is 2. The van der Waals surface area contributed by atoms with Gasteiger partial charge in [0.1, 0.15) is 0 Å². The van der Waals surface area contributed by atoms with Crippen LogP contribution in [0.15, 0.2) is 0 Å². The number of rotatable bonds is 0. The van der Waals surface area contributed by atoms with E-state index in [0.717, 1.165) is 19.3 Å². The topological polar surface area (TPSA) is 55.5 Å². The molecule has 0 spiro atoms. The molecule has 0 bridgehead atoms. The Morgan fingerprint density at radius 1 is 1.73 bits per heavy atom. The Balaban J connectivity index is 0.000000292. The van der Waals surface area contributed by atoms with Crippen LogP contribution in [-0.4, -0.2) is 23.9 Å². The molecule has 3 N–H and O–H groups in total. The first-order valence-electron chi connectivity index (χ1n) is 3.64. The largest absolute Gasteiger partial charge is 0.390 e. The summed E-state index contributed by atoms with van der Waals surface area (Å²) in [7, 11) is 1.39. The van der Waals surface area contributed by atoms with Crippen molar-refractivity contribution in [3.05, 3.63) is 0 Å². The van der Waals surface area contributed by atoms with Gasteiger partial charge in [0.15, 0.2) is 0 Å². The van der Waals surface area contributed by atoms with Gasteiger partial charge in [0.05, 0.1) is 24.6 Å². The van der Waals surface area contributed by atoms with Gasteiger partial charge in [-0.25, -0.2) is 0 Å². The third kappa shape index (κ3) is 5.44. The summed E-state index contributed by atoms with van der Waals surface area (Å²) >= 11 is 4.50. The lowest BCUT2D eigenvalue weighted by molar-refractivity contribution is 0.0667. The van der Waals surface area contributed by atoms with Gasteiger partial charge in [-0.05, 0) is 26.2 Å². The third-order valence-electron chi connectivity index (χ3n) is 1.76. The lowest BCUT2D eigenvalue weighted by atomic mass is 10.1. The standard InChI is InChI=1S/C6H13NO.CH3ClO/c1-6(8)3-2-5(7)4-6;1-3-2/h5,8H,2-4,7H2,1H3;1H3. The van der Waals surface area contributed by atoms with Gasteiger partial charge in [-0.3, -0.25) is 4.29 Å². The minimum absolute atomic E-state index is 0.241. The molecule has 1 aliphatic carbocycles. The highest BCUT2D eigenvalue weighted by atomic mass is 35.5. The number of aliphatic hydroxyl groups is 1. The molecule has 1 saturated carbocycles. The summed E-state index contributed by atoms with van der Waals surface area (Å²) < 4.78 is 3.72. The summed E-state index contributed by atoms with van der Waals surface area (Å²) in [5.74, 6) is 0. The highest BCUT2D eigenvalue weighted by Gasteiger charge is 2.30. The van der Waals surface area contributed by atoms with Crippen LogP contribution in [0.3, 0.4) is 0 Å². The summed E-state index contributed by atoms with van der Waals surface area (Å²) in [6.07, 6.45) is 2.62. The van der Waals surface area contributed by atoms with E-state index < -0.39 is 5.60 Å². The fourth-order valence-electron chi connectivity index (χ4n) is 1.27. The molecule has 3 nitrogen and oxygen atoms in total. The van der Waals surface area contributed by atoms with Crippen LogP contribution in [0, 0.1) is 0 Å². The molecule has 4 heteroatoms. The van der Waals surface area contributed by atoms with Crippen molar-refractivity contribution in [1.82, 2.24) is 0 Å². The van der Waals surface area contributed by atoms with Gasteiger partial charge < -0.3 is 10.8 Å². The van der Waals surface area contributed by atoms with Crippen molar-refractivity contribution < 1.29 is 9.40 Å². The third-order valence-corrected chi connectivity index (χ3v) is 1.76. The molecule has 0 amide bonds. The molecule has 0 aromatic heterocycles. The van der Waals surface area contributed by atoms with Crippen LogP contribution in [0.25, 0.3) is 0 Å². The van der Waals surface area contributed by atoms with E-state index >= 15 is 0 Å². The molecule has 11 heavy (non-hydrogen) atoms. The van der Waals surface area contributed by atoms with Crippen LogP contribution in [0.2, 0.25) is 0 Å². The first-order chi connectivity index (χ1) is 5.02. The average Bonchev–Trinajstić information content (AvgIpc) is 2.11. The molecule has 2 atom stereocenters. The monoisotopic (exact) mass is 181 g/mol. The normalized spacial score (nSPS) is 36.3. The average molecular weight is 182 g/mol. The van der Waals surface area contributed by atoms with Crippen LogP contribution in [-0.2, 0) is 4.29 Å². The van der Waals surface area contributed by atoms with E-state index in [9.17, 15) is 5.11 Å². The first kappa shape index (κ1) is 11.2. The molecule has 1 fully saturated rings. The quantitative estimate of drug-likeness (QED) is 0.587. The Hall–Kier alpha value is 0.170. The number of nitrogens with two attached hydrogens (primary N) is 1. The Morgan fingerprint density at radius 3 is 2.27 bits per heavy atom. The summed E-state index contributed by atoms with van der Waals surface area (Å²) in [6, 6.07) is 0.241. The van der Waals surface area contributed by atoms with Gasteiger partial charge in [0.25, 0.3) is 0 Å². The fourth-order valence-corrected chi connectivity index (χ4v) is 1.27. The second-order valence-electron chi connectivity index (χ2n) is 3.15. The molecule has 2 unspecified atom stereocenters. The second-order valence-corrected chi connectivity index (χ2v) is 3.46. The molecule has 1 rings (SSSR count). The smallest absolute Gasteiger partial charge is 0.0635 e. The zero-order chi connectivity index (χ0) is 8.91. The lowest BCUT2D eigenvalue weighted by Gasteiger charge is -2.13. The minimum atomic E-state index is -0.459. The van der Waals surface area contributed by atoms with Crippen molar-refractivity contribution in [3.63, 3.8) is 0 Å². The summed E-state index contributed by atoms with van der Waals surface area (Å²) in [6.45, 7) is 1.85. The second kappa shape index (κ2) is 4.93. The molecule has 0 aromatic rings. The predicted octanol–water partition coefficient (Wildman–Crippen LogP) is 1.04. The lowest BCUT2D eigenvalue weighted by Crippen LogP contribution is -2.23. The summed E-state index contributed by atoms with van der Waals surface area (Å²) in [5, 5.41) is 9.28. The van der Waals surface area contributed by atoms with Crippen molar-refractivity contribution in [3.8, 4) is 0 Å². The Labute approximate surface area is 72.7 Å². The van der Waals surface area contributed by atoms with Crippen LogP contribution in [0.4, 0.5) is 0 Å². The van der Waals surface area contributed by atoms with Gasteiger partial charge in [0, 0.05) is 6.04 Å². The van der Waals surface area contributed by atoms with Gasteiger partial charge in [-0.1, -0.05) is 0 Å². The highest BCUT2D eigenvalue weighted by Crippen LogP contribution is 2.27. The maximum atomic E-state index is 9.28. The predicted molar refractivity (Wildman–Crippen MR) is 45.3 cm³/mol. The van der Waals surface area contributed by atoms with Crippen molar-refractivity contribution >= 4 is 11.9 Å². The number of hydrogen-bond acceptors (Lipinski definition) is 3. The van der Waals surface area contributed by atoms with Crippen molar-refractivity contribution in [2.24, 2.45) is 5.73 Å². The van der Waals surface area contributed by atoms with Gasteiger partial charge >= 0.3 is 0 Å². The van der Waals surface area contributed by atoms with Crippen molar-refractivity contribution in [1.29, 1.82) is 0 Å². The molecule has 0 heterocycles. The zero-order valence-electron chi connectivity index (χ0n) is 7.01. The van der Waals surface area contributed by atoms with E-state index in [4.69, 9.17) is 5.73 Å². The maximum Gasteiger partial charge on any atom is 0.0635 e. The summed E-state index contributed by atoms with van der Waals surface area (Å²) in [4.78, 5) is 0. The van der Waals surface area contributed by atoms with Crippen molar-refractivity contribution in [2.45, 2.75) is 37.8 Å². The minimum Gasteiger partial charge on any atom is -0.390 e. The summed E-state index contributed by atoms with van der Waals surface area (Å²) in [5.41, 5.74) is 5.09. The van der Waals surface area contributed by atoms with Crippen LogP contribution >= 0.6 is 11.9 Å². The van der Waals surface area contributed by atoms with E-state index in [-0.39, 0.29) is 6.04 Å². The SMILES string of the molecule is CC1(O)CCC(N)C1.COCl. The van der Waals surface area contributed by atoms with Crippen molar-refractivity contribution in [2.75, 3.05) is 7.11 Å². The van der Waals surface area contributed by atoms with Crippen LogP contribution in [0.1, 0.15) is 26.2 Å². The molecule has 0 saturated heterocycles. The van der Waals surface area contributed by atoms with Gasteiger partial charge in [-0.15, -0.1) is 0 Å². The molecular weight excluding hydrogens is 166 g/mol. The highest BCUT2D eigenvalue weighted by molar-refractivity contribution is 6.07. The Bertz CT molecular complexity index is 109. The zero-order valence-corrected chi connectivity index (χ0v) is 7.77. The maximum absolute atomic E-state index is 9.28. The molecule has 1 aliphatic rings. The van der Waals surface area contributed by atoms with E-state index in [1.54, 1.807) is 0 Å². The Morgan fingerprint density at radius 2 is 2.18 bits per heavy atom.